The highest BCUT2D eigenvalue weighted by atomic mass is 16.5. The molecule has 0 aliphatic carbocycles. The Bertz CT molecular complexity index is 552. The molecular weight excluding hydrogens is 228 g/mol. The van der Waals surface area contributed by atoms with Crippen LogP contribution in [-0.4, -0.2) is 36.2 Å². The van der Waals surface area contributed by atoms with Gasteiger partial charge >= 0.3 is 0 Å². The second-order valence-corrected chi connectivity index (χ2v) is 4.35. The topological polar surface area (TPSA) is 59.1 Å². The Kier molecular flexibility index (Phi) is 2.98. The van der Waals surface area contributed by atoms with Crippen LogP contribution in [0.5, 0.6) is 5.88 Å². The highest BCUT2D eigenvalue weighted by molar-refractivity contribution is 5.77. The summed E-state index contributed by atoms with van der Waals surface area (Å²) < 4.78 is 5.91. The minimum absolute atomic E-state index is 0.188. The van der Waals surface area contributed by atoms with Crippen LogP contribution in [0.3, 0.4) is 0 Å². The standard InChI is InChI=1S/C13H16N4O/c1-14-12-13(18-9-6-7-15-8-9)17-11-5-3-2-4-10(11)16-12/h2-5,9,15H,6-8H2,1H3,(H,14,16)/t9-/m1/s1. The Balaban J connectivity index is 1.97. The van der Waals surface area contributed by atoms with Gasteiger partial charge in [0, 0.05) is 13.6 Å². The van der Waals surface area contributed by atoms with Crippen molar-refractivity contribution < 1.29 is 4.74 Å². The lowest BCUT2D eigenvalue weighted by Gasteiger charge is -2.14. The van der Waals surface area contributed by atoms with E-state index in [-0.39, 0.29) is 6.10 Å². The molecular formula is C13H16N4O. The van der Waals surface area contributed by atoms with Crippen LogP contribution in [0.15, 0.2) is 24.3 Å². The van der Waals surface area contributed by atoms with Crippen molar-refractivity contribution in [2.45, 2.75) is 12.5 Å². The molecule has 0 saturated carbocycles. The first-order chi connectivity index (χ1) is 8.86. The number of hydrogen-bond donors (Lipinski definition) is 2. The van der Waals surface area contributed by atoms with E-state index in [1.807, 2.05) is 31.3 Å². The third kappa shape index (κ3) is 2.09. The maximum Gasteiger partial charge on any atom is 0.258 e. The molecule has 2 heterocycles. The molecule has 1 atom stereocenters. The van der Waals surface area contributed by atoms with Crippen molar-refractivity contribution in [3.05, 3.63) is 24.3 Å². The smallest absolute Gasteiger partial charge is 0.258 e. The predicted molar refractivity (Wildman–Crippen MR) is 71.0 cm³/mol. The Labute approximate surface area is 106 Å². The maximum atomic E-state index is 5.91. The molecule has 1 aromatic carbocycles. The van der Waals surface area contributed by atoms with E-state index in [4.69, 9.17) is 4.74 Å². The van der Waals surface area contributed by atoms with E-state index in [1.54, 1.807) is 0 Å². The van der Waals surface area contributed by atoms with Crippen LogP contribution in [0.25, 0.3) is 11.0 Å². The summed E-state index contributed by atoms with van der Waals surface area (Å²) in [5, 5.41) is 6.32. The van der Waals surface area contributed by atoms with Crippen LogP contribution in [0.1, 0.15) is 6.42 Å². The minimum atomic E-state index is 0.188. The largest absolute Gasteiger partial charge is 0.470 e. The average molecular weight is 244 g/mol. The second-order valence-electron chi connectivity index (χ2n) is 4.35. The molecule has 2 aromatic rings. The van der Waals surface area contributed by atoms with Crippen LogP contribution in [-0.2, 0) is 0 Å². The monoisotopic (exact) mass is 244 g/mol. The lowest BCUT2D eigenvalue weighted by Crippen LogP contribution is -2.21. The van der Waals surface area contributed by atoms with E-state index >= 15 is 0 Å². The minimum Gasteiger partial charge on any atom is -0.470 e. The SMILES string of the molecule is CNc1nc2ccccc2nc1O[C@@H]1CCNC1. The molecule has 1 aromatic heterocycles. The van der Waals surface area contributed by atoms with Gasteiger partial charge in [-0.05, 0) is 25.1 Å². The van der Waals surface area contributed by atoms with E-state index in [2.05, 4.69) is 20.6 Å². The number of aromatic nitrogens is 2. The van der Waals surface area contributed by atoms with Crippen LogP contribution in [0, 0.1) is 0 Å². The number of fused-ring (bicyclic) bond motifs is 1. The third-order valence-electron chi connectivity index (χ3n) is 3.07. The van der Waals surface area contributed by atoms with E-state index in [9.17, 15) is 0 Å². The molecule has 0 unspecified atom stereocenters. The summed E-state index contributed by atoms with van der Waals surface area (Å²) in [7, 11) is 1.83. The normalized spacial score (nSPS) is 19.1. The van der Waals surface area contributed by atoms with Crippen molar-refractivity contribution in [2.75, 3.05) is 25.5 Å². The van der Waals surface area contributed by atoms with Crippen molar-refractivity contribution in [3.8, 4) is 5.88 Å². The highest BCUT2D eigenvalue weighted by Gasteiger charge is 2.19. The van der Waals surface area contributed by atoms with Crippen molar-refractivity contribution in [3.63, 3.8) is 0 Å². The quantitative estimate of drug-likeness (QED) is 0.855. The number of nitrogens with zero attached hydrogens (tertiary/aromatic N) is 2. The van der Waals surface area contributed by atoms with Gasteiger partial charge in [-0.1, -0.05) is 12.1 Å². The molecule has 18 heavy (non-hydrogen) atoms. The second kappa shape index (κ2) is 4.78. The Morgan fingerprint density at radius 3 is 2.72 bits per heavy atom. The van der Waals surface area contributed by atoms with Gasteiger partial charge < -0.3 is 15.4 Å². The van der Waals surface area contributed by atoms with Crippen LogP contribution in [0.2, 0.25) is 0 Å². The molecule has 1 aliphatic heterocycles. The van der Waals surface area contributed by atoms with Gasteiger partial charge in [-0.15, -0.1) is 0 Å². The summed E-state index contributed by atoms with van der Waals surface area (Å²) in [5.41, 5.74) is 1.73. The van der Waals surface area contributed by atoms with Crippen molar-refractivity contribution in [1.82, 2.24) is 15.3 Å². The molecule has 94 valence electrons. The number of hydrogen-bond acceptors (Lipinski definition) is 5. The van der Waals surface area contributed by atoms with Crippen molar-refractivity contribution in [1.29, 1.82) is 0 Å². The van der Waals surface area contributed by atoms with Gasteiger partial charge in [0.15, 0.2) is 5.82 Å². The molecule has 2 N–H and O–H groups in total. The first-order valence-electron chi connectivity index (χ1n) is 6.19. The average Bonchev–Trinajstić information content (AvgIpc) is 2.91. The summed E-state index contributed by atoms with van der Waals surface area (Å²) in [6.45, 7) is 1.87. The highest BCUT2D eigenvalue weighted by Crippen LogP contribution is 2.24. The van der Waals surface area contributed by atoms with Gasteiger partial charge in [0.1, 0.15) is 6.10 Å². The van der Waals surface area contributed by atoms with E-state index in [0.717, 1.165) is 30.5 Å². The summed E-state index contributed by atoms with van der Waals surface area (Å²) in [6.07, 6.45) is 1.20. The summed E-state index contributed by atoms with van der Waals surface area (Å²) in [6, 6.07) is 7.81. The number of anilines is 1. The van der Waals surface area contributed by atoms with Gasteiger partial charge in [-0.25, -0.2) is 9.97 Å². The number of benzene rings is 1. The molecule has 1 aliphatic rings. The number of nitrogens with one attached hydrogen (secondary N) is 2. The van der Waals surface area contributed by atoms with Gasteiger partial charge in [-0.2, -0.15) is 0 Å². The first kappa shape index (κ1) is 11.2. The van der Waals surface area contributed by atoms with Gasteiger partial charge in [-0.3, -0.25) is 0 Å². The lowest BCUT2D eigenvalue weighted by molar-refractivity contribution is 0.215. The van der Waals surface area contributed by atoms with Crippen LogP contribution >= 0.6 is 0 Å². The number of ether oxygens (including phenoxy) is 1. The van der Waals surface area contributed by atoms with E-state index in [1.165, 1.54) is 0 Å². The molecule has 1 fully saturated rings. The van der Waals surface area contributed by atoms with Gasteiger partial charge in [0.25, 0.3) is 5.88 Å². The molecule has 0 bridgehead atoms. The molecule has 1 saturated heterocycles. The fourth-order valence-electron chi connectivity index (χ4n) is 2.12. The van der Waals surface area contributed by atoms with E-state index < -0.39 is 0 Å². The fourth-order valence-corrected chi connectivity index (χ4v) is 2.12. The lowest BCUT2D eigenvalue weighted by atomic mass is 10.3. The van der Waals surface area contributed by atoms with Crippen LogP contribution < -0.4 is 15.4 Å². The molecule has 3 rings (SSSR count). The molecule has 5 nitrogen and oxygen atoms in total. The van der Waals surface area contributed by atoms with Gasteiger partial charge in [0.05, 0.1) is 11.0 Å². The molecule has 0 spiro atoms. The summed E-state index contributed by atoms with van der Waals surface area (Å²) >= 11 is 0. The van der Waals surface area contributed by atoms with Crippen molar-refractivity contribution >= 4 is 16.9 Å². The zero-order valence-electron chi connectivity index (χ0n) is 10.3. The van der Waals surface area contributed by atoms with Gasteiger partial charge in [0.2, 0.25) is 0 Å². The molecule has 0 radical (unpaired) electrons. The zero-order chi connectivity index (χ0) is 12.4. The molecule has 5 heteroatoms. The molecule has 0 amide bonds. The summed E-state index contributed by atoms with van der Waals surface area (Å²) in [5.74, 6) is 1.28. The van der Waals surface area contributed by atoms with Crippen LogP contribution in [0.4, 0.5) is 5.82 Å². The Morgan fingerprint density at radius 1 is 1.28 bits per heavy atom. The maximum absolute atomic E-state index is 5.91. The third-order valence-corrected chi connectivity index (χ3v) is 3.07. The fraction of sp³-hybridized carbons (Fsp3) is 0.385. The number of para-hydroxylation sites is 2. The first-order valence-corrected chi connectivity index (χ1v) is 6.19. The number of rotatable bonds is 3. The Morgan fingerprint density at radius 2 is 2.06 bits per heavy atom. The predicted octanol–water partition coefficient (Wildman–Crippen LogP) is 1.41. The van der Waals surface area contributed by atoms with E-state index in [0.29, 0.717) is 11.7 Å². The zero-order valence-corrected chi connectivity index (χ0v) is 10.3. The Hall–Kier alpha value is -1.88. The summed E-state index contributed by atoms with van der Waals surface area (Å²) in [4.78, 5) is 9.05. The van der Waals surface area contributed by atoms with Crippen molar-refractivity contribution in [2.24, 2.45) is 0 Å².